The molecule has 1 aliphatic rings. The van der Waals surface area contributed by atoms with Crippen LogP contribution in [-0.2, 0) is 9.53 Å². The van der Waals surface area contributed by atoms with E-state index in [-0.39, 0.29) is 16.8 Å². The molecule has 0 aromatic carbocycles. The van der Waals surface area contributed by atoms with Crippen molar-refractivity contribution in [1.82, 2.24) is 0 Å². The van der Waals surface area contributed by atoms with Crippen molar-refractivity contribution in [3.8, 4) is 0 Å². The molecule has 0 aromatic heterocycles. The maximum Gasteiger partial charge on any atom is 0.313 e. The molecule has 0 spiro atoms. The van der Waals surface area contributed by atoms with Crippen molar-refractivity contribution in [2.45, 2.75) is 73.3 Å². The lowest BCUT2D eigenvalue weighted by Gasteiger charge is -2.50. The Morgan fingerprint density at radius 1 is 1.05 bits per heavy atom. The predicted molar refractivity (Wildman–Crippen MR) is 78.7 cm³/mol. The molecule has 3 nitrogen and oxygen atoms in total. The molecule has 1 rings (SSSR count). The Balaban J connectivity index is 3.05. The highest BCUT2D eigenvalue weighted by atomic mass is 16.6. The molecule has 0 bridgehead atoms. The first-order chi connectivity index (χ1) is 8.31. The summed E-state index contributed by atoms with van der Waals surface area (Å²) in [5.41, 5.74) is 5.26. The number of hydrogen-bond donors (Lipinski definition) is 1. The number of ether oxygens (including phenoxy) is 1. The van der Waals surface area contributed by atoms with E-state index in [1.165, 1.54) is 0 Å². The van der Waals surface area contributed by atoms with Crippen LogP contribution in [0.25, 0.3) is 0 Å². The van der Waals surface area contributed by atoms with E-state index in [0.717, 1.165) is 19.3 Å². The van der Waals surface area contributed by atoms with Gasteiger partial charge in [0.15, 0.2) is 0 Å². The molecule has 0 atom stereocenters. The average Bonchev–Trinajstić information content (AvgIpc) is 2.09. The predicted octanol–water partition coefficient (Wildman–Crippen LogP) is 3.51. The summed E-state index contributed by atoms with van der Waals surface area (Å²) in [4.78, 5) is 12.6. The summed E-state index contributed by atoms with van der Waals surface area (Å²) in [6, 6.07) is 0. The number of hydrogen-bond acceptors (Lipinski definition) is 3. The highest BCUT2D eigenvalue weighted by molar-refractivity contribution is 5.78. The van der Waals surface area contributed by atoms with Gasteiger partial charge < -0.3 is 10.5 Å². The second kappa shape index (κ2) is 4.76. The summed E-state index contributed by atoms with van der Waals surface area (Å²) >= 11 is 0. The Morgan fingerprint density at radius 2 is 1.47 bits per heavy atom. The van der Waals surface area contributed by atoms with Crippen LogP contribution in [0.5, 0.6) is 0 Å². The number of rotatable bonds is 2. The highest BCUT2D eigenvalue weighted by Gasteiger charge is 2.52. The van der Waals surface area contributed by atoms with Crippen LogP contribution in [0.15, 0.2) is 0 Å². The quantitative estimate of drug-likeness (QED) is 0.780. The summed E-state index contributed by atoms with van der Waals surface area (Å²) in [5, 5.41) is 0. The second-order valence-corrected chi connectivity index (χ2v) is 8.85. The van der Waals surface area contributed by atoms with Crippen LogP contribution in [0.2, 0.25) is 0 Å². The monoisotopic (exact) mass is 269 g/mol. The van der Waals surface area contributed by atoms with Crippen molar-refractivity contribution >= 4 is 5.97 Å². The third kappa shape index (κ3) is 4.20. The Bertz CT molecular complexity index is 334. The summed E-state index contributed by atoms with van der Waals surface area (Å²) in [6.07, 6.45) is 2.74. The molecule has 1 aliphatic carbocycles. The number of carbonyl (C=O) groups is 1. The van der Waals surface area contributed by atoms with Crippen molar-refractivity contribution in [2.75, 3.05) is 6.54 Å². The maximum absolute atomic E-state index is 12.6. The molecule has 2 N–H and O–H groups in total. The smallest absolute Gasteiger partial charge is 0.313 e. The van der Waals surface area contributed by atoms with E-state index in [4.69, 9.17) is 10.5 Å². The first-order valence-corrected chi connectivity index (χ1v) is 7.25. The number of carbonyl (C=O) groups excluding carboxylic acids is 1. The minimum absolute atomic E-state index is 0.122. The van der Waals surface area contributed by atoms with Gasteiger partial charge in [-0.3, -0.25) is 4.79 Å². The zero-order chi connectivity index (χ0) is 15.1. The van der Waals surface area contributed by atoms with Crippen molar-refractivity contribution in [3.63, 3.8) is 0 Å². The maximum atomic E-state index is 12.6. The highest BCUT2D eigenvalue weighted by Crippen LogP contribution is 2.54. The first-order valence-electron chi connectivity index (χ1n) is 7.25. The first kappa shape index (κ1) is 16.5. The van der Waals surface area contributed by atoms with Crippen molar-refractivity contribution in [1.29, 1.82) is 0 Å². The molecule has 1 fully saturated rings. The van der Waals surface area contributed by atoms with Crippen molar-refractivity contribution in [2.24, 2.45) is 22.0 Å². The fourth-order valence-corrected chi connectivity index (χ4v) is 4.07. The van der Waals surface area contributed by atoms with Crippen LogP contribution in [0, 0.1) is 16.2 Å². The summed E-state index contributed by atoms with van der Waals surface area (Å²) in [7, 11) is 0. The van der Waals surface area contributed by atoms with Gasteiger partial charge in [0.1, 0.15) is 5.60 Å². The van der Waals surface area contributed by atoms with Gasteiger partial charge in [0.2, 0.25) is 0 Å². The minimum atomic E-state index is -0.529. The molecule has 0 aliphatic heterocycles. The van der Waals surface area contributed by atoms with Crippen molar-refractivity contribution < 1.29 is 9.53 Å². The van der Waals surface area contributed by atoms with Gasteiger partial charge in [-0.05, 0) is 50.9 Å². The topological polar surface area (TPSA) is 52.3 Å². The molecule has 112 valence electrons. The molecule has 0 amide bonds. The van der Waals surface area contributed by atoms with E-state index in [2.05, 4.69) is 27.7 Å². The second-order valence-electron chi connectivity index (χ2n) is 8.85. The number of nitrogens with two attached hydrogens (primary N) is 1. The van der Waals surface area contributed by atoms with Gasteiger partial charge in [-0.25, -0.2) is 0 Å². The Kier molecular flexibility index (Phi) is 4.13. The van der Waals surface area contributed by atoms with Gasteiger partial charge in [0, 0.05) is 6.54 Å². The fraction of sp³-hybridized carbons (Fsp3) is 0.938. The molecule has 19 heavy (non-hydrogen) atoms. The lowest BCUT2D eigenvalue weighted by Crippen LogP contribution is -2.51. The van der Waals surface area contributed by atoms with E-state index in [0.29, 0.717) is 6.54 Å². The van der Waals surface area contributed by atoms with Crippen LogP contribution in [0.4, 0.5) is 0 Å². The molecule has 1 saturated carbocycles. The van der Waals surface area contributed by atoms with Crippen LogP contribution in [0.1, 0.15) is 67.7 Å². The third-order valence-electron chi connectivity index (χ3n) is 3.81. The minimum Gasteiger partial charge on any atom is -0.460 e. The molecule has 0 saturated heterocycles. The Hall–Kier alpha value is -0.570. The lowest BCUT2D eigenvalue weighted by molar-refractivity contribution is -0.175. The molecule has 0 heterocycles. The van der Waals surface area contributed by atoms with E-state index in [9.17, 15) is 4.79 Å². The van der Waals surface area contributed by atoms with Gasteiger partial charge in [-0.15, -0.1) is 0 Å². The Morgan fingerprint density at radius 3 is 1.79 bits per heavy atom. The van der Waals surface area contributed by atoms with Gasteiger partial charge >= 0.3 is 5.97 Å². The Labute approximate surface area is 118 Å². The summed E-state index contributed by atoms with van der Waals surface area (Å²) < 4.78 is 5.64. The van der Waals surface area contributed by atoms with Gasteiger partial charge in [0.25, 0.3) is 0 Å². The SMILES string of the molecule is CC1(C)CC(C)(C)CC(CN)(C(=O)OC(C)(C)C)C1. The van der Waals surface area contributed by atoms with Crippen molar-refractivity contribution in [3.05, 3.63) is 0 Å². The van der Waals surface area contributed by atoms with Gasteiger partial charge in [-0.2, -0.15) is 0 Å². The van der Waals surface area contributed by atoms with E-state index >= 15 is 0 Å². The van der Waals surface area contributed by atoms with E-state index in [1.54, 1.807) is 0 Å². The molecule has 0 aromatic rings. The molecule has 0 unspecified atom stereocenters. The van der Waals surface area contributed by atoms with Gasteiger partial charge in [0.05, 0.1) is 5.41 Å². The molecule has 3 heteroatoms. The van der Waals surface area contributed by atoms with Crippen LogP contribution in [-0.4, -0.2) is 18.1 Å². The largest absolute Gasteiger partial charge is 0.460 e. The normalized spacial score (nSPS) is 24.8. The fourth-order valence-electron chi connectivity index (χ4n) is 4.07. The van der Waals surface area contributed by atoms with E-state index in [1.807, 2.05) is 20.8 Å². The lowest BCUT2D eigenvalue weighted by atomic mass is 9.55. The third-order valence-corrected chi connectivity index (χ3v) is 3.81. The zero-order valence-corrected chi connectivity index (χ0v) is 13.7. The average molecular weight is 269 g/mol. The number of esters is 1. The van der Waals surface area contributed by atoms with Crippen LogP contribution >= 0.6 is 0 Å². The van der Waals surface area contributed by atoms with Gasteiger partial charge in [-0.1, -0.05) is 27.7 Å². The molecule has 0 radical (unpaired) electrons. The summed E-state index contributed by atoms with van der Waals surface area (Å²) in [5.74, 6) is -0.122. The van der Waals surface area contributed by atoms with Crippen LogP contribution < -0.4 is 5.73 Å². The standard InChI is InChI=1S/C16H31NO2/c1-13(2,3)19-12(18)16(11-17)9-14(4,5)8-15(6,7)10-16/h8-11,17H2,1-7H3. The molecular formula is C16H31NO2. The molecular weight excluding hydrogens is 238 g/mol. The zero-order valence-electron chi connectivity index (χ0n) is 13.7. The van der Waals surface area contributed by atoms with Crippen LogP contribution in [0.3, 0.4) is 0 Å². The summed E-state index contributed by atoms with van der Waals surface area (Å²) in [6.45, 7) is 15.0. The van der Waals surface area contributed by atoms with E-state index < -0.39 is 11.0 Å².